The Kier molecular flexibility index (Phi) is 3.74. The highest BCUT2D eigenvalue weighted by Crippen LogP contribution is 2.20. The quantitative estimate of drug-likeness (QED) is 0.834. The number of hydrogen-bond donors (Lipinski definition) is 1. The first-order valence-electron chi connectivity index (χ1n) is 4.23. The molecule has 0 amide bonds. The zero-order chi connectivity index (χ0) is 11.4. The van der Waals surface area contributed by atoms with E-state index >= 15 is 0 Å². The molecule has 0 aliphatic heterocycles. The molecule has 1 aromatic rings. The zero-order valence-corrected chi connectivity index (χ0v) is 8.04. The predicted molar refractivity (Wildman–Crippen MR) is 48.6 cm³/mol. The third-order valence-corrected chi connectivity index (χ3v) is 1.97. The summed E-state index contributed by atoms with van der Waals surface area (Å²) in [4.78, 5) is 10.8. The third kappa shape index (κ3) is 2.73. The second kappa shape index (κ2) is 4.84. The average Bonchev–Trinajstić information content (AvgIpc) is 2.15. The number of methoxy groups -OCH3 is 1. The first-order chi connectivity index (χ1) is 7.06. The molecule has 0 aliphatic carbocycles. The number of benzene rings is 1. The van der Waals surface area contributed by atoms with Crippen molar-refractivity contribution in [3.8, 4) is 0 Å². The van der Waals surface area contributed by atoms with Gasteiger partial charge in [0, 0.05) is 18.7 Å². The zero-order valence-electron chi connectivity index (χ0n) is 8.04. The second-order valence-corrected chi connectivity index (χ2v) is 3.01. The number of hydrogen-bond acceptors (Lipinski definition) is 2. The summed E-state index contributed by atoms with van der Waals surface area (Å²) in [5.41, 5.74) is -0.0780. The maximum atomic E-state index is 13.2. The van der Waals surface area contributed by atoms with Gasteiger partial charge in [-0.15, -0.1) is 0 Å². The highest BCUT2D eigenvalue weighted by atomic mass is 19.1. The molecule has 82 valence electrons. The van der Waals surface area contributed by atoms with Crippen LogP contribution in [0.2, 0.25) is 0 Å². The Morgan fingerprint density at radius 3 is 2.67 bits per heavy atom. The minimum absolute atomic E-state index is 0.0780. The van der Waals surface area contributed by atoms with Gasteiger partial charge in [0.25, 0.3) is 0 Å². The molecule has 15 heavy (non-hydrogen) atoms. The van der Waals surface area contributed by atoms with Gasteiger partial charge >= 0.3 is 5.97 Å². The van der Waals surface area contributed by atoms with E-state index in [9.17, 15) is 13.6 Å². The van der Waals surface area contributed by atoms with Gasteiger partial charge in [-0.3, -0.25) is 4.79 Å². The van der Waals surface area contributed by atoms with Crippen LogP contribution in [0.4, 0.5) is 8.78 Å². The fourth-order valence-corrected chi connectivity index (χ4v) is 1.24. The van der Waals surface area contributed by atoms with Crippen molar-refractivity contribution in [3.05, 3.63) is 35.4 Å². The third-order valence-electron chi connectivity index (χ3n) is 1.97. The number of carbonyl (C=O) groups is 1. The summed E-state index contributed by atoms with van der Waals surface area (Å²) in [5.74, 6) is -3.93. The minimum atomic E-state index is -1.21. The van der Waals surface area contributed by atoms with Gasteiger partial charge in [0.2, 0.25) is 0 Å². The van der Waals surface area contributed by atoms with Crippen molar-refractivity contribution in [2.24, 2.45) is 0 Å². The molecule has 1 aromatic carbocycles. The van der Waals surface area contributed by atoms with E-state index in [1.165, 1.54) is 7.11 Å². The van der Waals surface area contributed by atoms with Crippen LogP contribution in [0, 0.1) is 11.6 Å². The highest BCUT2D eigenvalue weighted by molar-refractivity contribution is 5.76. The van der Waals surface area contributed by atoms with E-state index in [1.54, 1.807) is 0 Å². The summed E-state index contributed by atoms with van der Waals surface area (Å²) in [6.07, 6.45) is 0. The van der Waals surface area contributed by atoms with Crippen molar-refractivity contribution in [2.75, 3.05) is 13.7 Å². The van der Waals surface area contributed by atoms with Crippen LogP contribution in [-0.2, 0) is 9.53 Å². The van der Waals surface area contributed by atoms with E-state index in [1.807, 2.05) is 0 Å². The van der Waals surface area contributed by atoms with Gasteiger partial charge in [0.1, 0.15) is 17.6 Å². The van der Waals surface area contributed by atoms with E-state index in [2.05, 4.69) is 4.74 Å². The van der Waals surface area contributed by atoms with Crippen LogP contribution in [0.3, 0.4) is 0 Å². The van der Waals surface area contributed by atoms with Gasteiger partial charge in [0.15, 0.2) is 0 Å². The van der Waals surface area contributed by atoms with Crippen molar-refractivity contribution in [1.82, 2.24) is 0 Å². The van der Waals surface area contributed by atoms with E-state index in [0.29, 0.717) is 6.07 Å². The lowest BCUT2D eigenvalue weighted by molar-refractivity contribution is -0.140. The molecule has 1 atom stereocenters. The van der Waals surface area contributed by atoms with Crippen molar-refractivity contribution in [1.29, 1.82) is 0 Å². The molecule has 0 heterocycles. The lowest BCUT2D eigenvalue weighted by Gasteiger charge is -2.12. The smallest absolute Gasteiger partial charge is 0.313 e. The maximum Gasteiger partial charge on any atom is 0.313 e. The molecule has 0 saturated carbocycles. The topological polar surface area (TPSA) is 46.5 Å². The van der Waals surface area contributed by atoms with Gasteiger partial charge in [-0.05, 0) is 6.07 Å². The first-order valence-corrected chi connectivity index (χ1v) is 4.23. The molecule has 1 N–H and O–H groups in total. The number of rotatable bonds is 4. The largest absolute Gasteiger partial charge is 0.481 e. The van der Waals surface area contributed by atoms with Crippen LogP contribution in [0.25, 0.3) is 0 Å². The molecule has 0 bridgehead atoms. The monoisotopic (exact) mass is 216 g/mol. The van der Waals surface area contributed by atoms with Crippen LogP contribution < -0.4 is 0 Å². The van der Waals surface area contributed by atoms with E-state index in [-0.39, 0.29) is 12.2 Å². The van der Waals surface area contributed by atoms with Gasteiger partial charge in [-0.25, -0.2) is 8.78 Å². The molecular weight excluding hydrogens is 206 g/mol. The summed E-state index contributed by atoms with van der Waals surface area (Å²) in [6, 6.07) is 2.79. The Morgan fingerprint density at radius 2 is 2.20 bits per heavy atom. The van der Waals surface area contributed by atoms with Gasteiger partial charge in [-0.1, -0.05) is 6.07 Å². The van der Waals surface area contributed by atoms with Crippen LogP contribution in [0.1, 0.15) is 11.5 Å². The lowest BCUT2D eigenvalue weighted by atomic mass is 9.99. The molecule has 1 unspecified atom stereocenters. The summed E-state index contributed by atoms with van der Waals surface area (Å²) in [7, 11) is 1.32. The summed E-state index contributed by atoms with van der Waals surface area (Å²) in [5, 5.41) is 8.81. The Morgan fingerprint density at radius 1 is 1.53 bits per heavy atom. The molecule has 1 rings (SSSR count). The number of aliphatic carboxylic acids is 1. The Labute approximate surface area is 85.3 Å². The molecular formula is C10H10F2O3. The normalized spacial score (nSPS) is 12.5. The lowest BCUT2D eigenvalue weighted by Crippen LogP contribution is -2.18. The first kappa shape index (κ1) is 11.6. The minimum Gasteiger partial charge on any atom is -0.481 e. The standard InChI is InChI=1S/C10H10F2O3/c1-15-5-8(10(13)14)7-3-2-6(11)4-9(7)12/h2-4,8H,5H2,1H3,(H,13,14). The Balaban J connectivity index is 3.05. The molecule has 3 nitrogen and oxygen atoms in total. The molecule has 0 aromatic heterocycles. The number of halogens is 2. The van der Waals surface area contributed by atoms with E-state index in [4.69, 9.17) is 5.11 Å². The number of ether oxygens (including phenoxy) is 1. The molecule has 0 fully saturated rings. The molecule has 0 aliphatic rings. The molecule has 5 heteroatoms. The van der Waals surface area contributed by atoms with E-state index in [0.717, 1.165) is 12.1 Å². The van der Waals surface area contributed by atoms with Crippen molar-refractivity contribution < 1.29 is 23.4 Å². The Bertz CT molecular complexity index is 366. The van der Waals surface area contributed by atoms with Crippen LogP contribution in [-0.4, -0.2) is 24.8 Å². The predicted octanol–water partition coefficient (Wildman–Crippen LogP) is 1.78. The SMILES string of the molecule is COCC(C(=O)O)c1ccc(F)cc1F. The maximum absolute atomic E-state index is 13.2. The fraction of sp³-hybridized carbons (Fsp3) is 0.300. The Hall–Kier alpha value is -1.49. The van der Waals surface area contributed by atoms with Crippen LogP contribution in [0.5, 0.6) is 0 Å². The molecule has 0 radical (unpaired) electrons. The highest BCUT2D eigenvalue weighted by Gasteiger charge is 2.23. The van der Waals surface area contributed by atoms with Gasteiger partial charge in [-0.2, -0.15) is 0 Å². The second-order valence-electron chi connectivity index (χ2n) is 3.01. The number of carboxylic acids is 1. The van der Waals surface area contributed by atoms with Crippen molar-refractivity contribution in [3.63, 3.8) is 0 Å². The van der Waals surface area contributed by atoms with Crippen LogP contribution >= 0.6 is 0 Å². The van der Waals surface area contributed by atoms with E-state index < -0.39 is 23.5 Å². The fourth-order valence-electron chi connectivity index (χ4n) is 1.24. The van der Waals surface area contributed by atoms with Crippen molar-refractivity contribution in [2.45, 2.75) is 5.92 Å². The summed E-state index contributed by atoms with van der Waals surface area (Å²) in [6.45, 7) is -0.155. The average molecular weight is 216 g/mol. The number of carboxylic acid groups (broad SMARTS) is 1. The summed E-state index contributed by atoms with van der Waals surface area (Å²) >= 11 is 0. The van der Waals surface area contributed by atoms with Crippen molar-refractivity contribution >= 4 is 5.97 Å². The van der Waals surface area contributed by atoms with Gasteiger partial charge < -0.3 is 9.84 Å². The summed E-state index contributed by atoms with van der Waals surface area (Å²) < 4.78 is 30.5. The van der Waals surface area contributed by atoms with Crippen LogP contribution in [0.15, 0.2) is 18.2 Å². The van der Waals surface area contributed by atoms with Gasteiger partial charge in [0.05, 0.1) is 6.61 Å². The molecule has 0 spiro atoms. The molecule has 0 saturated heterocycles.